The number of ether oxygens (including phenoxy) is 2. The van der Waals surface area contributed by atoms with Crippen LogP contribution in [0.5, 0.6) is 11.5 Å². The lowest BCUT2D eigenvalue weighted by molar-refractivity contribution is 0.292. The van der Waals surface area contributed by atoms with E-state index in [4.69, 9.17) is 32.7 Å². The smallest absolute Gasteiger partial charge is 0.175 e. The van der Waals surface area contributed by atoms with Crippen molar-refractivity contribution < 1.29 is 9.47 Å². The fourth-order valence-corrected chi connectivity index (χ4v) is 3.21. The van der Waals surface area contributed by atoms with E-state index in [0.29, 0.717) is 34.7 Å². The van der Waals surface area contributed by atoms with E-state index in [1.807, 2.05) is 18.2 Å². The van der Waals surface area contributed by atoms with Crippen LogP contribution in [0, 0.1) is 0 Å². The molecule has 25 heavy (non-hydrogen) atoms. The Morgan fingerprint density at radius 3 is 2.60 bits per heavy atom. The van der Waals surface area contributed by atoms with Gasteiger partial charge in [0.2, 0.25) is 0 Å². The van der Waals surface area contributed by atoms with Crippen molar-refractivity contribution in [1.29, 1.82) is 0 Å². The zero-order valence-corrected chi connectivity index (χ0v) is 17.1. The summed E-state index contributed by atoms with van der Waals surface area (Å²) in [5.41, 5.74) is 4.63. The zero-order valence-electron chi connectivity index (χ0n) is 14.0. The number of hydrogen-bond acceptors (Lipinski definition) is 4. The number of halogens is 3. The standard InChI is InChI=1S/C18H19BrCl2N2O2/c1-3-7-25-18-14(19)8-12(9-17(18)24-2)10-22-23-11-13-15(20)5-4-6-16(13)21/h4-6,8-10,23H,3,7,11H2,1-2H3/b22-10+. The maximum absolute atomic E-state index is 6.13. The predicted molar refractivity (Wildman–Crippen MR) is 107 cm³/mol. The SMILES string of the molecule is CCCOc1c(Br)cc(/C=N/NCc2c(Cl)cccc2Cl)cc1OC. The Kier molecular flexibility index (Phi) is 7.88. The molecule has 0 radical (unpaired) electrons. The molecule has 1 N–H and O–H groups in total. The normalized spacial score (nSPS) is 10.9. The van der Waals surface area contributed by atoms with Gasteiger partial charge in [0.25, 0.3) is 0 Å². The van der Waals surface area contributed by atoms with Crippen molar-refractivity contribution in [2.24, 2.45) is 5.10 Å². The molecule has 0 spiro atoms. The summed E-state index contributed by atoms with van der Waals surface area (Å²) in [7, 11) is 1.61. The van der Waals surface area contributed by atoms with Crippen molar-refractivity contribution in [3.8, 4) is 11.5 Å². The predicted octanol–water partition coefficient (Wildman–Crippen LogP) is 5.68. The zero-order chi connectivity index (χ0) is 18.2. The lowest BCUT2D eigenvalue weighted by Crippen LogP contribution is -2.07. The molecule has 134 valence electrons. The van der Waals surface area contributed by atoms with Crippen LogP contribution in [0.1, 0.15) is 24.5 Å². The van der Waals surface area contributed by atoms with Crippen LogP contribution in [0.4, 0.5) is 0 Å². The summed E-state index contributed by atoms with van der Waals surface area (Å²) < 4.78 is 11.9. The van der Waals surface area contributed by atoms with Gasteiger partial charge in [-0.15, -0.1) is 0 Å². The van der Waals surface area contributed by atoms with Gasteiger partial charge in [0, 0.05) is 15.6 Å². The van der Waals surface area contributed by atoms with Crippen molar-refractivity contribution in [2.75, 3.05) is 13.7 Å². The Balaban J connectivity index is 2.07. The molecular formula is C18H19BrCl2N2O2. The average Bonchev–Trinajstić information content (AvgIpc) is 2.59. The lowest BCUT2D eigenvalue weighted by atomic mass is 10.2. The monoisotopic (exact) mass is 444 g/mol. The molecule has 0 aliphatic heterocycles. The Hall–Kier alpha value is -1.43. The van der Waals surface area contributed by atoms with E-state index >= 15 is 0 Å². The van der Waals surface area contributed by atoms with Gasteiger partial charge in [-0.25, -0.2) is 0 Å². The van der Waals surface area contributed by atoms with Crippen molar-refractivity contribution >= 4 is 45.3 Å². The second-order valence-corrected chi connectivity index (χ2v) is 6.84. The summed E-state index contributed by atoms with van der Waals surface area (Å²) in [5, 5.41) is 5.43. The van der Waals surface area contributed by atoms with Gasteiger partial charge in [0.1, 0.15) is 0 Å². The molecule has 0 fully saturated rings. The molecule has 0 unspecified atom stereocenters. The average molecular weight is 446 g/mol. The molecule has 0 amide bonds. The molecule has 0 heterocycles. The number of nitrogens with zero attached hydrogens (tertiary/aromatic N) is 1. The fraction of sp³-hybridized carbons (Fsp3) is 0.278. The minimum absolute atomic E-state index is 0.436. The first-order valence-corrected chi connectivity index (χ1v) is 9.30. The molecule has 4 nitrogen and oxygen atoms in total. The molecule has 0 bridgehead atoms. The minimum atomic E-state index is 0.436. The van der Waals surface area contributed by atoms with E-state index < -0.39 is 0 Å². The highest BCUT2D eigenvalue weighted by Gasteiger charge is 2.11. The second kappa shape index (κ2) is 9.90. The van der Waals surface area contributed by atoms with Crippen LogP contribution in [-0.4, -0.2) is 19.9 Å². The largest absolute Gasteiger partial charge is 0.493 e. The topological polar surface area (TPSA) is 42.8 Å². The molecule has 2 aromatic carbocycles. The molecule has 2 aromatic rings. The van der Waals surface area contributed by atoms with Crippen LogP contribution in [0.25, 0.3) is 0 Å². The molecule has 7 heteroatoms. The molecule has 0 aliphatic rings. The first kappa shape index (κ1) is 19.9. The molecule has 0 saturated heterocycles. The van der Waals surface area contributed by atoms with Gasteiger partial charge in [0.05, 0.1) is 30.9 Å². The van der Waals surface area contributed by atoms with Crippen molar-refractivity contribution in [2.45, 2.75) is 19.9 Å². The highest BCUT2D eigenvalue weighted by Crippen LogP contribution is 2.36. The summed E-state index contributed by atoms with van der Waals surface area (Å²) >= 11 is 15.8. The maximum Gasteiger partial charge on any atom is 0.175 e. The Morgan fingerprint density at radius 2 is 1.96 bits per heavy atom. The molecule has 0 saturated carbocycles. The number of methoxy groups -OCH3 is 1. The summed E-state index contributed by atoms with van der Waals surface area (Å²) in [5.74, 6) is 1.34. The van der Waals surface area contributed by atoms with Crippen LogP contribution in [0.3, 0.4) is 0 Å². The summed E-state index contributed by atoms with van der Waals surface area (Å²) in [6.45, 7) is 3.12. The van der Waals surface area contributed by atoms with Gasteiger partial charge in [-0.1, -0.05) is 36.2 Å². The maximum atomic E-state index is 6.13. The van der Waals surface area contributed by atoms with Crippen LogP contribution in [0.2, 0.25) is 10.0 Å². The van der Waals surface area contributed by atoms with Gasteiger partial charge in [0.15, 0.2) is 11.5 Å². The minimum Gasteiger partial charge on any atom is -0.493 e. The third-order valence-corrected chi connectivity index (χ3v) is 4.62. The first-order chi connectivity index (χ1) is 12.1. The first-order valence-electron chi connectivity index (χ1n) is 7.76. The summed E-state index contributed by atoms with van der Waals surface area (Å²) in [6, 6.07) is 9.18. The van der Waals surface area contributed by atoms with E-state index in [1.54, 1.807) is 25.5 Å². The van der Waals surface area contributed by atoms with E-state index in [0.717, 1.165) is 22.0 Å². The molecule has 2 rings (SSSR count). The molecule has 0 atom stereocenters. The van der Waals surface area contributed by atoms with Gasteiger partial charge in [-0.3, -0.25) is 0 Å². The lowest BCUT2D eigenvalue weighted by Gasteiger charge is -2.12. The number of hydrogen-bond donors (Lipinski definition) is 1. The van der Waals surface area contributed by atoms with Crippen LogP contribution >= 0.6 is 39.1 Å². The summed E-state index contributed by atoms with van der Waals surface area (Å²) in [6.07, 6.45) is 2.62. The van der Waals surface area contributed by atoms with Crippen LogP contribution in [-0.2, 0) is 6.54 Å². The van der Waals surface area contributed by atoms with Gasteiger partial charge in [-0.05, 0) is 52.2 Å². The van der Waals surface area contributed by atoms with Gasteiger partial charge < -0.3 is 14.9 Å². The molecule has 0 aromatic heterocycles. The fourth-order valence-electron chi connectivity index (χ4n) is 2.10. The molecule has 0 aliphatic carbocycles. The van der Waals surface area contributed by atoms with Gasteiger partial charge >= 0.3 is 0 Å². The quantitative estimate of drug-likeness (QED) is 0.420. The highest BCUT2D eigenvalue weighted by atomic mass is 79.9. The Morgan fingerprint density at radius 1 is 1.24 bits per heavy atom. The van der Waals surface area contributed by atoms with Crippen molar-refractivity contribution in [3.05, 3.63) is 56.0 Å². The van der Waals surface area contributed by atoms with Gasteiger partial charge in [-0.2, -0.15) is 5.10 Å². The Labute approximate surface area is 166 Å². The highest BCUT2D eigenvalue weighted by molar-refractivity contribution is 9.10. The third-order valence-electron chi connectivity index (χ3n) is 3.32. The Bertz CT molecular complexity index is 734. The second-order valence-electron chi connectivity index (χ2n) is 5.18. The van der Waals surface area contributed by atoms with Crippen molar-refractivity contribution in [3.63, 3.8) is 0 Å². The van der Waals surface area contributed by atoms with E-state index in [9.17, 15) is 0 Å². The number of rotatable bonds is 8. The molecular weight excluding hydrogens is 427 g/mol. The summed E-state index contributed by atoms with van der Waals surface area (Å²) in [4.78, 5) is 0. The van der Waals surface area contributed by atoms with E-state index in [2.05, 4.69) is 33.4 Å². The third kappa shape index (κ3) is 5.53. The van der Waals surface area contributed by atoms with E-state index in [1.165, 1.54) is 0 Å². The van der Waals surface area contributed by atoms with E-state index in [-0.39, 0.29) is 0 Å². The number of nitrogens with one attached hydrogen (secondary N) is 1. The van der Waals surface area contributed by atoms with Crippen LogP contribution < -0.4 is 14.9 Å². The van der Waals surface area contributed by atoms with Crippen molar-refractivity contribution in [1.82, 2.24) is 5.43 Å². The van der Waals surface area contributed by atoms with Crippen LogP contribution in [0.15, 0.2) is 39.9 Å². The number of hydrazone groups is 1. The number of benzene rings is 2.